The summed E-state index contributed by atoms with van der Waals surface area (Å²) in [4.78, 5) is 74.8. The van der Waals surface area contributed by atoms with Gasteiger partial charge in [-0.15, -0.1) is 0 Å². The summed E-state index contributed by atoms with van der Waals surface area (Å²) in [5, 5.41) is 16.7. The number of isocyanates is 2. The Morgan fingerprint density at radius 2 is 1.39 bits per heavy atom. The number of nitrogens with zero attached hydrogens (tertiary/aromatic N) is 6. The third-order valence-electron chi connectivity index (χ3n) is 2.93. The molecular weight excluding hydrogens is 424 g/mol. The number of hydrogen-bond donors (Lipinski definition) is 0. The number of nitriles is 2. The zero-order chi connectivity index (χ0) is 23.5. The van der Waals surface area contributed by atoms with Crippen LogP contribution in [0, 0.1) is 23.0 Å². The SMILES string of the molecule is N#COCCC(=O)N(COC#N)C(=O)OCOC(=O)N(CN=C=O)C(=O)CCN=C=O. The lowest BCUT2D eigenvalue weighted by Crippen LogP contribution is -2.41. The minimum absolute atomic E-state index is 0.294. The molecule has 0 fully saturated rings. The Balaban J connectivity index is 4.89. The van der Waals surface area contributed by atoms with Gasteiger partial charge in [0.15, 0.2) is 6.73 Å². The van der Waals surface area contributed by atoms with Gasteiger partial charge in [-0.05, 0) is 0 Å². The second-order valence-corrected chi connectivity index (χ2v) is 4.75. The molecule has 0 saturated heterocycles. The van der Waals surface area contributed by atoms with Crippen molar-refractivity contribution in [3.63, 3.8) is 0 Å². The number of hydrogen-bond acceptors (Lipinski definition) is 14. The molecule has 16 heteroatoms. The molecule has 16 nitrogen and oxygen atoms in total. The number of carbonyl (C=O) groups excluding carboxylic acids is 6. The standard InChI is InChI=1S/C15H14N6O10/c16-5-28-4-2-13(25)21(10-29-6-17)15(27)31-11-30-14(26)20(7-19-9-23)12(24)1-3-18-8-22/h1-4,7,10-11H2. The summed E-state index contributed by atoms with van der Waals surface area (Å²) in [6, 6.07) is 0. The predicted octanol–water partition coefficient (Wildman–Crippen LogP) is -0.764. The number of ether oxygens (including phenoxy) is 4. The number of imide groups is 2. The Morgan fingerprint density at radius 1 is 0.806 bits per heavy atom. The average Bonchev–Trinajstić information content (AvgIpc) is 2.74. The topological polar surface area (TPSA) is 218 Å². The monoisotopic (exact) mass is 438 g/mol. The minimum Gasteiger partial charge on any atom is -0.427 e. The Morgan fingerprint density at radius 3 is 1.97 bits per heavy atom. The zero-order valence-electron chi connectivity index (χ0n) is 15.7. The van der Waals surface area contributed by atoms with Crippen molar-refractivity contribution in [3.05, 3.63) is 0 Å². The van der Waals surface area contributed by atoms with Gasteiger partial charge in [0.25, 0.3) is 12.5 Å². The van der Waals surface area contributed by atoms with Crippen molar-refractivity contribution in [2.24, 2.45) is 9.98 Å². The predicted molar refractivity (Wildman–Crippen MR) is 89.9 cm³/mol. The Bertz CT molecular complexity index is 834. The van der Waals surface area contributed by atoms with Crippen LogP contribution >= 0.6 is 0 Å². The molecule has 0 radical (unpaired) electrons. The molecule has 0 saturated carbocycles. The van der Waals surface area contributed by atoms with E-state index in [1.807, 2.05) is 0 Å². The van der Waals surface area contributed by atoms with Crippen LogP contribution in [0.15, 0.2) is 9.98 Å². The fraction of sp³-hybridized carbons (Fsp3) is 0.467. The molecule has 0 spiro atoms. The van der Waals surface area contributed by atoms with Gasteiger partial charge in [0, 0.05) is 6.42 Å². The Hall–Kier alpha value is -4.78. The highest BCUT2D eigenvalue weighted by Crippen LogP contribution is 2.03. The van der Waals surface area contributed by atoms with Gasteiger partial charge in [0.2, 0.25) is 30.8 Å². The molecule has 0 heterocycles. The molecule has 0 aromatic rings. The van der Waals surface area contributed by atoms with Crippen molar-refractivity contribution in [2.75, 3.05) is 33.3 Å². The van der Waals surface area contributed by atoms with E-state index in [-0.39, 0.29) is 13.2 Å². The first-order valence-corrected chi connectivity index (χ1v) is 7.96. The summed E-state index contributed by atoms with van der Waals surface area (Å²) < 4.78 is 17.7. The summed E-state index contributed by atoms with van der Waals surface area (Å²) in [7, 11) is 0. The Labute approximate surface area is 173 Å². The van der Waals surface area contributed by atoms with Crippen molar-refractivity contribution in [1.29, 1.82) is 10.5 Å². The van der Waals surface area contributed by atoms with E-state index in [1.54, 1.807) is 0 Å². The molecule has 0 aliphatic rings. The first-order chi connectivity index (χ1) is 14.9. The van der Waals surface area contributed by atoms with E-state index in [9.17, 15) is 28.8 Å². The van der Waals surface area contributed by atoms with E-state index in [1.165, 1.54) is 18.6 Å². The Kier molecular flexibility index (Phi) is 13.7. The van der Waals surface area contributed by atoms with Gasteiger partial charge in [0.1, 0.15) is 13.3 Å². The summed E-state index contributed by atoms with van der Waals surface area (Å²) in [6.07, 6.45) is 1.23. The van der Waals surface area contributed by atoms with Crippen LogP contribution in [0.4, 0.5) is 9.59 Å². The first-order valence-electron chi connectivity index (χ1n) is 7.96. The fourth-order valence-corrected chi connectivity index (χ4v) is 1.60. The lowest BCUT2D eigenvalue weighted by Gasteiger charge is -2.20. The second kappa shape index (κ2) is 16.2. The van der Waals surface area contributed by atoms with E-state index < -0.39 is 57.0 Å². The van der Waals surface area contributed by atoms with Crippen LogP contribution in [0.1, 0.15) is 12.8 Å². The van der Waals surface area contributed by atoms with E-state index in [2.05, 4.69) is 28.9 Å². The molecule has 164 valence electrons. The maximum absolute atomic E-state index is 12.0. The van der Waals surface area contributed by atoms with E-state index in [0.717, 1.165) is 6.08 Å². The highest BCUT2D eigenvalue weighted by molar-refractivity contribution is 5.93. The van der Waals surface area contributed by atoms with Crippen molar-refractivity contribution in [2.45, 2.75) is 12.8 Å². The van der Waals surface area contributed by atoms with Gasteiger partial charge in [-0.1, -0.05) is 0 Å². The smallest absolute Gasteiger partial charge is 0.422 e. The summed E-state index contributed by atoms with van der Waals surface area (Å²) in [6.45, 7) is -3.33. The fourth-order valence-electron chi connectivity index (χ4n) is 1.60. The van der Waals surface area contributed by atoms with Crippen molar-refractivity contribution in [3.8, 4) is 12.5 Å². The average molecular weight is 438 g/mol. The second-order valence-electron chi connectivity index (χ2n) is 4.75. The van der Waals surface area contributed by atoms with E-state index >= 15 is 0 Å². The maximum atomic E-state index is 12.0. The van der Waals surface area contributed by atoms with Crippen LogP contribution in [-0.4, -0.2) is 79.3 Å². The summed E-state index contributed by atoms with van der Waals surface area (Å²) >= 11 is 0. The number of amides is 4. The molecule has 0 aromatic carbocycles. The zero-order valence-corrected chi connectivity index (χ0v) is 15.7. The van der Waals surface area contributed by atoms with Crippen LogP contribution < -0.4 is 0 Å². The van der Waals surface area contributed by atoms with Crippen molar-refractivity contribution in [1.82, 2.24) is 9.80 Å². The molecule has 0 atom stereocenters. The highest BCUT2D eigenvalue weighted by Gasteiger charge is 2.26. The van der Waals surface area contributed by atoms with Gasteiger partial charge in [-0.3, -0.25) is 9.59 Å². The molecule has 31 heavy (non-hydrogen) atoms. The van der Waals surface area contributed by atoms with Crippen molar-refractivity contribution < 1.29 is 47.7 Å². The number of rotatable bonds is 12. The van der Waals surface area contributed by atoms with Crippen LogP contribution in [0.25, 0.3) is 0 Å². The van der Waals surface area contributed by atoms with Gasteiger partial charge >= 0.3 is 12.2 Å². The molecule has 0 rings (SSSR count). The van der Waals surface area contributed by atoms with Gasteiger partial charge in [-0.25, -0.2) is 34.0 Å². The van der Waals surface area contributed by atoms with Gasteiger partial charge in [0.05, 0.1) is 13.0 Å². The lowest BCUT2D eigenvalue weighted by molar-refractivity contribution is -0.134. The summed E-state index contributed by atoms with van der Waals surface area (Å²) in [5.74, 6) is -1.86. The molecule has 0 aromatic heterocycles. The molecule has 0 N–H and O–H groups in total. The normalized spacial score (nSPS) is 8.71. The number of carbonyl (C=O) groups is 4. The summed E-state index contributed by atoms with van der Waals surface area (Å²) in [5.41, 5.74) is 0. The van der Waals surface area contributed by atoms with Crippen LogP contribution in [-0.2, 0) is 38.1 Å². The van der Waals surface area contributed by atoms with Crippen LogP contribution in [0.3, 0.4) is 0 Å². The highest BCUT2D eigenvalue weighted by atomic mass is 16.7. The third-order valence-corrected chi connectivity index (χ3v) is 2.93. The molecule has 0 aliphatic heterocycles. The van der Waals surface area contributed by atoms with E-state index in [4.69, 9.17) is 10.5 Å². The molecule has 0 bridgehead atoms. The van der Waals surface area contributed by atoms with Crippen LogP contribution in [0.5, 0.6) is 0 Å². The largest absolute Gasteiger partial charge is 0.427 e. The number of aliphatic imine (C=N–C) groups is 2. The molecular formula is C15H14N6O10. The quantitative estimate of drug-likeness (QED) is 0.121. The van der Waals surface area contributed by atoms with Gasteiger partial charge in [-0.2, -0.15) is 15.5 Å². The molecule has 0 unspecified atom stereocenters. The molecule has 4 amide bonds. The van der Waals surface area contributed by atoms with Crippen molar-refractivity contribution >= 4 is 36.2 Å². The lowest BCUT2D eigenvalue weighted by atomic mass is 10.4. The third kappa shape index (κ3) is 11.0. The van der Waals surface area contributed by atoms with E-state index in [0.29, 0.717) is 9.80 Å². The minimum atomic E-state index is -1.38. The van der Waals surface area contributed by atoms with Crippen LogP contribution in [0.2, 0.25) is 0 Å². The van der Waals surface area contributed by atoms with Gasteiger partial charge < -0.3 is 18.9 Å². The first kappa shape index (κ1) is 26.2. The molecule has 0 aliphatic carbocycles. The maximum Gasteiger partial charge on any atom is 0.422 e.